The average Bonchev–Trinajstić information content (AvgIpc) is 3.80. The number of fused-ring (bicyclic) bond motifs is 2. The van der Waals surface area contributed by atoms with Crippen LogP contribution in [0.4, 0.5) is 0 Å². The maximum atomic E-state index is 12.0. The molecule has 4 heterocycles. The van der Waals surface area contributed by atoms with Gasteiger partial charge in [-0.15, -0.1) is 0 Å². The number of alkyl halides is 1. The van der Waals surface area contributed by atoms with Crippen LogP contribution < -0.4 is 5.32 Å². The zero-order chi connectivity index (χ0) is 36.0. The lowest BCUT2D eigenvalue weighted by atomic mass is 10.0. The molecule has 4 aliphatic rings. The van der Waals surface area contributed by atoms with Gasteiger partial charge in [-0.05, 0) is 89.4 Å². The second-order valence-corrected chi connectivity index (χ2v) is 16.1. The van der Waals surface area contributed by atoms with E-state index in [9.17, 15) is 9.59 Å². The molecule has 2 aromatic carbocycles. The molecule has 8 nitrogen and oxygen atoms in total. The molecule has 49 heavy (non-hydrogen) atoms. The first-order chi connectivity index (χ1) is 23.3. The van der Waals surface area contributed by atoms with Gasteiger partial charge in [-0.3, -0.25) is 24.3 Å². The molecule has 4 aliphatic heterocycles. The monoisotopic (exact) mass is 742 g/mol. The molecule has 0 aliphatic carbocycles. The van der Waals surface area contributed by atoms with Crippen molar-refractivity contribution in [3.05, 3.63) is 71.8 Å². The number of benzene rings is 2. The molecule has 0 radical (unpaired) electrons. The standard InChI is InChI=1S/C19H28N2O2.C13H18N2.C6H11BrO2.C2H6/c1-19(2,3)23-18(22)14-21-12-16-10-20(11-17(16)13-21)9-15-7-5-4-6-8-15;1-2-4-11(5-3-1)8-15-9-12-6-14-7-13(12)10-15;1-6(2,3)9-5(8)4-7;1-2/h4-8,16-17H,9-14H2,1-3H3;1-5,12-14H,6-10H2;4H2,1-3H3;1-2H3. The Morgan fingerprint density at radius 3 is 1.37 bits per heavy atom. The van der Waals surface area contributed by atoms with E-state index in [-0.39, 0.29) is 28.5 Å². The fourth-order valence-electron chi connectivity index (χ4n) is 7.14. The molecule has 0 spiro atoms. The highest BCUT2D eigenvalue weighted by Crippen LogP contribution is 2.32. The molecule has 0 bridgehead atoms. The van der Waals surface area contributed by atoms with E-state index in [1.165, 1.54) is 37.3 Å². The van der Waals surface area contributed by atoms with E-state index in [0.29, 0.717) is 18.4 Å². The van der Waals surface area contributed by atoms with E-state index < -0.39 is 0 Å². The van der Waals surface area contributed by atoms with Gasteiger partial charge < -0.3 is 14.8 Å². The van der Waals surface area contributed by atoms with Crippen LogP contribution in [0.1, 0.15) is 66.5 Å². The van der Waals surface area contributed by atoms with Crippen LogP contribution in [0.3, 0.4) is 0 Å². The van der Waals surface area contributed by atoms with Crippen molar-refractivity contribution in [2.45, 2.75) is 79.7 Å². The molecular weight excluding hydrogens is 680 g/mol. The predicted molar refractivity (Wildman–Crippen MR) is 204 cm³/mol. The highest BCUT2D eigenvalue weighted by molar-refractivity contribution is 9.09. The molecule has 0 saturated carbocycles. The van der Waals surface area contributed by atoms with Crippen LogP contribution in [0.5, 0.6) is 0 Å². The van der Waals surface area contributed by atoms with Gasteiger partial charge in [-0.25, -0.2) is 0 Å². The number of rotatable bonds is 7. The van der Waals surface area contributed by atoms with E-state index in [2.05, 4.69) is 96.6 Å². The quantitative estimate of drug-likeness (QED) is 0.256. The summed E-state index contributed by atoms with van der Waals surface area (Å²) in [6.45, 7) is 27.3. The highest BCUT2D eigenvalue weighted by Gasteiger charge is 2.40. The van der Waals surface area contributed by atoms with Crippen LogP contribution in [-0.2, 0) is 32.2 Å². The van der Waals surface area contributed by atoms with Gasteiger partial charge in [0.15, 0.2) is 0 Å². The molecule has 4 atom stereocenters. The molecule has 1 N–H and O–H groups in total. The Bertz CT molecular complexity index is 1220. The largest absolute Gasteiger partial charge is 0.459 e. The maximum Gasteiger partial charge on any atom is 0.320 e. The van der Waals surface area contributed by atoms with Crippen LogP contribution in [0.2, 0.25) is 0 Å². The van der Waals surface area contributed by atoms with E-state index in [4.69, 9.17) is 9.47 Å². The summed E-state index contributed by atoms with van der Waals surface area (Å²) in [6.07, 6.45) is 0. The van der Waals surface area contributed by atoms with Crippen molar-refractivity contribution in [3.63, 3.8) is 0 Å². The first kappa shape index (κ1) is 41.1. The van der Waals surface area contributed by atoms with Gasteiger partial charge in [0.2, 0.25) is 0 Å². The zero-order valence-corrected chi connectivity index (χ0v) is 33.0. The first-order valence-corrected chi connectivity index (χ1v) is 19.3. The van der Waals surface area contributed by atoms with E-state index in [0.717, 1.165) is 51.1 Å². The molecule has 2 aromatic rings. The van der Waals surface area contributed by atoms with Crippen LogP contribution in [0, 0.1) is 23.7 Å². The second-order valence-electron chi connectivity index (χ2n) is 15.6. The third-order valence-corrected chi connectivity index (χ3v) is 9.36. The number of hydrogen-bond donors (Lipinski definition) is 1. The zero-order valence-electron chi connectivity index (χ0n) is 31.4. The predicted octanol–water partition coefficient (Wildman–Crippen LogP) is 6.48. The number of nitrogens with one attached hydrogen (secondary N) is 1. The SMILES string of the molecule is CC.CC(C)(C)OC(=O)CBr.CC(C)(C)OC(=O)CN1CC2CN(Cc3ccccc3)CC2C1.c1ccc(CN2CC3CNCC3C2)cc1. The van der Waals surface area contributed by atoms with Crippen molar-refractivity contribution >= 4 is 27.9 Å². The number of ether oxygens (including phenoxy) is 2. The Balaban J connectivity index is 0.000000215. The van der Waals surface area contributed by atoms with Crippen LogP contribution in [0.15, 0.2) is 60.7 Å². The Hall–Kier alpha value is -2.30. The second kappa shape index (κ2) is 19.9. The van der Waals surface area contributed by atoms with Gasteiger partial charge in [-0.1, -0.05) is 90.4 Å². The number of esters is 2. The molecule has 4 fully saturated rings. The lowest BCUT2D eigenvalue weighted by Crippen LogP contribution is -2.35. The van der Waals surface area contributed by atoms with Crippen molar-refractivity contribution in [1.82, 2.24) is 20.0 Å². The summed E-state index contributed by atoms with van der Waals surface area (Å²) < 4.78 is 10.3. The topological polar surface area (TPSA) is 74.4 Å². The normalized spacial score (nSPS) is 23.5. The molecule has 9 heteroatoms. The third-order valence-electron chi connectivity index (χ3n) is 8.90. The van der Waals surface area contributed by atoms with Crippen molar-refractivity contribution < 1.29 is 19.1 Å². The highest BCUT2D eigenvalue weighted by atomic mass is 79.9. The number of nitrogens with zero attached hydrogens (tertiary/aromatic N) is 3. The Kier molecular flexibility index (Phi) is 16.7. The van der Waals surface area contributed by atoms with Crippen molar-refractivity contribution in [2.75, 3.05) is 64.2 Å². The van der Waals surface area contributed by atoms with E-state index >= 15 is 0 Å². The molecular formula is C40H63BrN4O4. The van der Waals surface area contributed by atoms with Gasteiger partial charge in [0.05, 0.1) is 6.54 Å². The van der Waals surface area contributed by atoms with Crippen molar-refractivity contribution in [2.24, 2.45) is 23.7 Å². The van der Waals surface area contributed by atoms with E-state index in [1.807, 2.05) is 55.4 Å². The van der Waals surface area contributed by atoms with Crippen molar-refractivity contribution in [3.8, 4) is 0 Å². The minimum atomic E-state index is -0.390. The summed E-state index contributed by atoms with van der Waals surface area (Å²) in [5, 5.41) is 3.75. The van der Waals surface area contributed by atoms with Gasteiger partial charge in [0, 0.05) is 52.4 Å². The first-order valence-electron chi connectivity index (χ1n) is 18.2. The molecule has 4 unspecified atom stereocenters. The summed E-state index contributed by atoms with van der Waals surface area (Å²) in [7, 11) is 0. The van der Waals surface area contributed by atoms with Crippen LogP contribution in [0.25, 0.3) is 0 Å². The van der Waals surface area contributed by atoms with Gasteiger partial charge in [0.25, 0.3) is 0 Å². The fourth-order valence-corrected chi connectivity index (χ4v) is 7.25. The number of likely N-dealkylation sites (tertiary alicyclic amines) is 3. The fraction of sp³-hybridized carbons (Fsp3) is 0.650. The smallest absolute Gasteiger partial charge is 0.320 e. The number of hydrogen-bond acceptors (Lipinski definition) is 8. The lowest BCUT2D eigenvalue weighted by molar-refractivity contribution is -0.156. The number of halogens is 1. The van der Waals surface area contributed by atoms with Crippen LogP contribution in [-0.4, -0.2) is 102 Å². The average molecular weight is 744 g/mol. The third kappa shape index (κ3) is 15.2. The van der Waals surface area contributed by atoms with Gasteiger partial charge in [0.1, 0.15) is 16.5 Å². The minimum absolute atomic E-state index is 0.0985. The van der Waals surface area contributed by atoms with Gasteiger partial charge >= 0.3 is 11.9 Å². The summed E-state index contributed by atoms with van der Waals surface area (Å²) in [4.78, 5) is 29.9. The molecule has 274 valence electrons. The Labute approximate surface area is 305 Å². The van der Waals surface area contributed by atoms with Crippen LogP contribution >= 0.6 is 15.9 Å². The minimum Gasteiger partial charge on any atom is -0.459 e. The summed E-state index contributed by atoms with van der Waals surface area (Å²) >= 11 is 2.99. The molecule has 6 rings (SSSR count). The summed E-state index contributed by atoms with van der Waals surface area (Å²) in [5.74, 6) is 2.89. The Morgan fingerprint density at radius 1 is 0.633 bits per heavy atom. The lowest BCUT2D eigenvalue weighted by Gasteiger charge is -2.23. The van der Waals surface area contributed by atoms with Gasteiger partial charge in [-0.2, -0.15) is 0 Å². The number of carbonyl (C=O) groups excluding carboxylic acids is 2. The van der Waals surface area contributed by atoms with E-state index in [1.54, 1.807) is 0 Å². The maximum absolute atomic E-state index is 12.0. The summed E-state index contributed by atoms with van der Waals surface area (Å²) in [6, 6.07) is 21.5. The summed E-state index contributed by atoms with van der Waals surface area (Å²) in [5.41, 5.74) is 2.09. The molecule has 0 amide bonds. The molecule has 4 saturated heterocycles. The van der Waals surface area contributed by atoms with Crippen molar-refractivity contribution in [1.29, 1.82) is 0 Å². The number of carbonyl (C=O) groups is 2. The molecule has 0 aromatic heterocycles. The Morgan fingerprint density at radius 2 is 1.00 bits per heavy atom.